The van der Waals surface area contributed by atoms with Gasteiger partial charge < -0.3 is 5.32 Å². The summed E-state index contributed by atoms with van der Waals surface area (Å²) in [5, 5.41) is 17.4. The van der Waals surface area contributed by atoms with Crippen LogP contribution in [0.5, 0.6) is 0 Å². The molecule has 130 valence electrons. The Hall–Kier alpha value is -2.54. The average molecular weight is 355 g/mol. The first-order valence-corrected chi connectivity index (χ1v) is 9.08. The Balaban J connectivity index is 1.66. The summed E-state index contributed by atoms with van der Waals surface area (Å²) in [7, 11) is 0. The van der Waals surface area contributed by atoms with E-state index in [2.05, 4.69) is 34.6 Å². The van der Waals surface area contributed by atoms with Gasteiger partial charge in [-0.25, -0.2) is 0 Å². The average Bonchev–Trinajstić information content (AvgIpc) is 3.25. The van der Waals surface area contributed by atoms with E-state index in [1.807, 2.05) is 48.7 Å². The third-order valence-corrected chi connectivity index (χ3v) is 4.84. The minimum Gasteiger partial charge on any atom is -0.347 e. The number of rotatable bonds is 6. The van der Waals surface area contributed by atoms with Crippen LogP contribution in [0.15, 0.2) is 41.8 Å². The predicted molar refractivity (Wildman–Crippen MR) is 98.0 cm³/mol. The molecule has 1 atom stereocenters. The third kappa shape index (κ3) is 4.30. The first-order valence-electron chi connectivity index (χ1n) is 8.20. The van der Waals surface area contributed by atoms with Crippen molar-refractivity contribution >= 4 is 17.2 Å². The fourth-order valence-electron chi connectivity index (χ4n) is 2.51. The van der Waals surface area contributed by atoms with E-state index in [0.29, 0.717) is 11.7 Å². The van der Waals surface area contributed by atoms with Gasteiger partial charge in [-0.2, -0.15) is 4.80 Å². The summed E-state index contributed by atoms with van der Waals surface area (Å²) in [6.45, 7) is 6.26. The smallest absolute Gasteiger partial charge is 0.244 e. The standard InChI is InChI=1S/C18H21N5OS/c1-12(2)17(15-5-4-10-25-15)19-16(24)11-23-21-18(20-22-23)14-8-6-13(3)7-9-14/h4-10,12,17H,11H2,1-3H3,(H,19,24)/t17-/m0/s1. The minimum atomic E-state index is -0.125. The third-order valence-electron chi connectivity index (χ3n) is 3.88. The van der Waals surface area contributed by atoms with Crippen molar-refractivity contribution in [3.63, 3.8) is 0 Å². The van der Waals surface area contributed by atoms with Crippen LogP contribution >= 0.6 is 11.3 Å². The molecule has 0 radical (unpaired) electrons. The maximum absolute atomic E-state index is 12.4. The number of amides is 1. The quantitative estimate of drug-likeness (QED) is 0.737. The molecule has 0 saturated heterocycles. The topological polar surface area (TPSA) is 72.7 Å². The molecule has 0 aliphatic heterocycles. The Morgan fingerprint density at radius 3 is 2.64 bits per heavy atom. The number of nitrogens with one attached hydrogen (secondary N) is 1. The van der Waals surface area contributed by atoms with Gasteiger partial charge in [0.2, 0.25) is 11.7 Å². The van der Waals surface area contributed by atoms with Crippen molar-refractivity contribution in [1.82, 2.24) is 25.5 Å². The molecule has 0 bridgehead atoms. The van der Waals surface area contributed by atoms with Gasteiger partial charge in [0.25, 0.3) is 0 Å². The minimum absolute atomic E-state index is 0.00686. The van der Waals surface area contributed by atoms with E-state index >= 15 is 0 Å². The van der Waals surface area contributed by atoms with Gasteiger partial charge >= 0.3 is 0 Å². The summed E-state index contributed by atoms with van der Waals surface area (Å²) < 4.78 is 0. The van der Waals surface area contributed by atoms with Crippen LogP contribution in [0.2, 0.25) is 0 Å². The zero-order valence-corrected chi connectivity index (χ0v) is 15.3. The van der Waals surface area contributed by atoms with E-state index < -0.39 is 0 Å². The SMILES string of the molecule is Cc1ccc(-c2nnn(CC(=O)N[C@H](c3cccs3)C(C)C)n2)cc1. The molecule has 1 aromatic carbocycles. The lowest BCUT2D eigenvalue weighted by Crippen LogP contribution is -2.34. The number of carbonyl (C=O) groups excluding carboxylic acids is 1. The van der Waals surface area contributed by atoms with Crippen LogP contribution in [0.3, 0.4) is 0 Å². The van der Waals surface area contributed by atoms with Crippen molar-refractivity contribution in [1.29, 1.82) is 0 Å². The van der Waals surface area contributed by atoms with Gasteiger partial charge in [0.1, 0.15) is 6.54 Å². The van der Waals surface area contributed by atoms with Gasteiger partial charge in [-0.3, -0.25) is 4.79 Å². The van der Waals surface area contributed by atoms with Crippen molar-refractivity contribution < 1.29 is 4.79 Å². The molecule has 2 heterocycles. The van der Waals surface area contributed by atoms with Crippen LogP contribution in [0, 0.1) is 12.8 Å². The second-order valence-electron chi connectivity index (χ2n) is 6.31. The molecular weight excluding hydrogens is 334 g/mol. The molecule has 1 amide bonds. The zero-order valence-electron chi connectivity index (χ0n) is 14.5. The number of thiophene rings is 1. The molecule has 0 aliphatic rings. The fourth-order valence-corrected chi connectivity index (χ4v) is 3.46. The highest BCUT2D eigenvalue weighted by Crippen LogP contribution is 2.25. The lowest BCUT2D eigenvalue weighted by Gasteiger charge is -2.21. The number of carbonyl (C=O) groups is 1. The van der Waals surface area contributed by atoms with Crippen LogP contribution < -0.4 is 5.32 Å². The molecule has 1 N–H and O–H groups in total. The Labute approximate surface area is 150 Å². The number of benzene rings is 1. The summed E-state index contributed by atoms with van der Waals surface area (Å²) in [4.78, 5) is 14.9. The van der Waals surface area contributed by atoms with E-state index in [4.69, 9.17) is 0 Å². The first kappa shape index (κ1) is 17.3. The van der Waals surface area contributed by atoms with Crippen molar-refractivity contribution in [2.45, 2.75) is 33.4 Å². The molecule has 6 nitrogen and oxygen atoms in total. The van der Waals surface area contributed by atoms with Gasteiger partial charge in [-0.05, 0) is 29.5 Å². The second kappa shape index (κ2) is 7.57. The Morgan fingerprint density at radius 1 is 1.24 bits per heavy atom. The zero-order chi connectivity index (χ0) is 17.8. The second-order valence-corrected chi connectivity index (χ2v) is 7.29. The molecule has 3 aromatic rings. The van der Waals surface area contributed by atoms with Gasteiger partial charge in [-0.15, -0.1) is 21.5 Å². The number of hydrogen-bond acceptors (Lipinski definition) is 5. The molecule has 0 aliphatic carbocycles. The van der Waals surface area contributed by atoms with Crippen molar-refractivity contribution in [2.24, 2.45) is 5.92 Å². The van der Waals surface area contributed by atoms with E-state index in [0.717, 1.165) is 10.4 Å². The highest BCUT2D eigenvalue weighted by Gasteiger charge is 2.20. The summed E-state index contributed by atoms with van der Waals surface area (Å²) in [6, 6.07) is 11.9. The summed E-state index contributed by atoms with van der Waals surface area (Å²) in [5.74, 6) is 0.695. The number of aromatic nitrogens is 4. The number of aryl methyl sites for hydroxylation is 1. The Kier molecular flexibility index (Phi) is 5.23. The molecule has 0 unspecified atom stereocenters. The molecule has 25 heavy (non-hydrogen) atoms. The highest BCUT2D eigenvalue weighted by molar-refractivity contribution is 7.10. The van der Waals surface area contributed by atoms with Crippen molar-refractivity contribution in [3.05, 3.63) is 52.2 Å². The van der Waals surface area contributed by atoms with Crippen LogP contribution in [0.25, 0.3) is 11.4 Å². The summed E-state index contributed by atoms with van der Waals surface area (Å²) in [6.07, 6.45) is 0. The maximum atomic E-state index is 12.4. The van der Waals surface area contributed by atoms with E-state index in [9.17, 15) is 4.79 Å². The van der Waals surface area contributed by atoms with Gasteiger partial charge in [0.05, 0.1) is 6.04 Å². The maximum Gasteiger partial charge on any atom is 0.244 e. The van der Waals surface area contributed by atoms with E-state index in [-0.39, 0.29) is 18.5 Å². The van der Waals surface area contributed by atoms with Gasteiger partial charge in [-0.1, -0.05) is 49.7 Å². The van der Waals surface area contributed by atoms with Gasteiger partial charge in [0, 0.05) is 10.4 Å². The molecule has 0 spiro atoms. The monoisotopic (exact) mass is 355 g/mol. The summed E-state index contributed by atoms with van der Waals surface area (Å²) >= 11 is 1.65. The molecule has 0 saturated carbocycles. The first-order chi connectivity index (χ1) is 12.0. The largest absolute Gasteiger partial charge is 0.347 e. The van der Waals surface area contributed by atoms with Gasteiger partial charge in [0.15, 0.2) is 0 Å². The number of tetrazole rings is 1. The van der Waals surface area contributed by atoms with Crippen LogP contribution in [0.4, 0.5) is 0 Å². The lowest BCUT2D eigenvalue weighted by atomic mass is 10.0. The molecule has 2 aromatic heterocycles. The summed E-state index contributed by atoms with van der Waals surface area (Å²) in [5.41, 5.74) is 2.06. The molecular formula is C18H21N5OS. The lowest BCUT2D eigenvalue weighted by molar-refractivity contribution is -0.123. The highest BCUT2D eigenvalue weighted by atomic mass is 32.1. The molecule has 3 rings (SSSR count). The normalized spacial score (nSPS) is 12.3. The van der Waals surface area contributed by atoms with Crippen LogP contribution in [0.1, 0.15) is 30.3 Å². The Morgan fingerprint density at radius 2 is 2.00 bits per heavy atom. The molecule has 7 heteroatoms. The Bertz CT molecular complexity index is 824. The van der Waals surface area contributed by atoms with E-state index in [1.165, 1.54) is 10.4 Å². The van der Waals surface area contributed by atoms with E-state index in [1.54, 1.807) is 11.3 Å². The predicted octanol–water partition coefficient (Wildman–Crippen LogP) is 3.22. The number of hydrogen-bond donors (Lipinski definition) is 1. The van der Waals surface area contributed by atoms with Crippen molar-refractivity contribution in [2.75, 3.05) is 0 Å². The van der Waals surface area contributed by atoms with Crippen LogP contribution in [-0.2, 0) is 11.3 Å². The number of nitrogens with zero attached hydrogens (tertiary/aromatic N) is 4. The fraction of sp³-hybridized carbons (Fsp3) is 0.333. The van der Waals surface area contributed by atoms with Crippen LogP contribution in [-0.4, -0.2) is 26.1 Å². The molecule has 0 fully saturated rings. The van der Waals surface area contributed by atoms with Crippen molar-refractivity contribution in [3.8, 4) is 11.4 Å².